The van der Waals surface area contributed by atoms with Gasteiger partial charge in [-0.05, 0) is 12.0 Å². The van der Waals surface area contributed by atoms with Gasteiger partial charge in [-0.1, -0.05) is 30.3 Å². The normalized spacial score (nSPS) is 14.2. The van der Waals surface area contributed by atoms with Gasteiger partial charge in [-0.3, -0.25) is 0 Å². The molecule has 1 N–H and O–H groups in total. The van der Waals surface area contributed by atoms with Crippen LogP contribution in [-0.4, -0.2) is 72.2 Å². The van der Waals surface area contributed by atoms with Crippen LogP contribution >= 0.6 is 0 Å². The first-order valence-electron chi connectivity index (χ1n) is 7.26. The lowest BCUT2D eigenvalue weighted by atomic mass is 10.1. The van der Waals surface area contributed by atoms with E-state index in [0.717, 1.165) is 14.2 Å². The molecule has 0 unspecified atom stereocenters. The second kappa shape index (κ2) is 8.88. The third-order valence-electron chi connectivity index (χ3n) is 3.23. The fraction of sp³-hybridized carbons (Fsp3) is 0.571. The first-order valence-corrected chi connectivity index (χ1v) is 10.3. The van der Waals surface area contributed by atoms with Crippen molar-refractivity contribution in [1.82, 2.24) is 13.3 Å². The Hall–Kier alpha value is -1.04. The smallest absolute Gasteiger partial charge is 0.279 e. The summed E-state index contributed by atoms with van der Waals surface area (Å²) in [6.07, 6.45) is 0.385. The van der Waals surface area contributed by atoms with Crippen LogP contribution in [0.3, 0.4) is 0 Å². The maximum Gasteiger partial charge on any atom is 0.279 e. The number of ether oxygens (including phenoxy) is 1. The van der Waals surface area contributed by atoms with Gasteiger partial charge < -0.3 is 4.74 Å². The number of hydrogen-bond acceptors (Lipinski definition) is 5. The van der Waals surface area contributed by atoms with Crippen molar-refractivity contribution in [3.63, 3.8) is 0 Å². The van der Waals surface area contributed by atoms with E-state index in [-0.39, 0.29) is 6.61 Å². The minimum Gasteiger partial charge on any atom is -0.362 e. The summed E-state index contributed by atoms with van der Waals surface area (Å²) in [5.41, 5.74) is 0.919. The molecule has 0 saturated heterocycles. The van der Waals surface area contributed by atoms with Crippen LogP contribution in [0.5, 0.6) is 0 Å². The van der Waals surface area contributed by atoms with E-state index in [1.54, 1.807) is 0 Å². The first kappa shape index (κ1) is 21.0. The number of nitrogens with one attached hydrogen (secondary N) is 1. The molecule has 1 aromatic rings. The summed E-state index contributed by atoms with van der Waals surface area (Å²) in [6, 6.07) is 8.72. The molecule has 24 heavy (non-hydrogen) atoms. The second-order valence-corrected chi connectivity index (χ2v) is 9.72. The predicted molar refractivity (Wildman–Crippen MR) is 93.1 cm³/mol. The zero-order chi connectivity index (χ0) is 18.4. The average Bonchev–Trinajstić information content (AvgIpc) is 2.47. The summed E-state index contributed by atoms with van der Waals surface area (Å²) in [5, 5.41) is 0. The summed E-state index contributed by atoms with van der Waals surface area (Å²) in [6.45, 7) is -0.0605. The molecule has 0 spiro atoms. The van der Waals surface area contributed by atoms with Crippen molar-refractivity contribution < 1.29 is 21.6 Å². The molecule has 0 aliphatic carbocycles. The predicted octanol–water partition coefficient (Wildman–Crippen LogP) is -0.141. The largest absolute Gasteiger partial charge is 0.362 e. The number of hydrogen-bond donors (Lipinski definition) is 1. The molecule has 10 heteroatoms. The Kier molecular flexibility index (Phi) is 7.77. The number of benzene rings is 1. The molecule has 0 radical (unpaired) electrons. The molecule has 0 heterocycles. The van der Waals surface area contributed by atoms with Crippen LogP contribution in [0.2, 0.25) is 0 Å². The van der Waals surface area contributed by atoms with Gasteiger partial charge in [0.05, 0.1) is 12.6 Å². The molecule has 1 atom stereocenters. The van der Waals surface area contributed by atoms with Gasteiger partial charge in [0.15, 0.2) is 5.94 Å². The molecule has 1 rings (SSSR count). The number of sulfonamides is 1. The molecule has 8 nitrogen and oxygen atoms in total. The van der Waals surface area contributed by atoms with Gasteiger partial charge >= 0.3 is 0 Å². The van der Waals surface area contributed by atoms with Crippen LogP contribution < -0.4 is 4.72 Å². The fourth-order valence-corrected chi connectivity index (χ4v) is 3.05. The van der Waals surface area contributed by atoms with Crippen LogP contribution in [0.4, 0.5) is 0 Å². The highest BCUT2D eigenvalue weighted by molar-refractivity contribution is 7.88. The van der Waals surface area contributed by atoms with Gasteiger partial charge in [0.1, 0.15) is 0 Å². The monoisotopic (exact) mass is 379 g/mol. The van der Waals surface area contributed by atoms with E-state index in [9.17, 15) is 16.8 Å². The molecule has 0 aliphatic rings. The Bertz CT molecular complexity index is 703. The first-order chi connectivity index (χ1) is 11.0. The third-order valence-corrected chi connectivity index (χ3v) is 6.40. The lowest BCUT2D eigenvalue weighted by Gasteiger charge is -2.22. The molecule has 1 aromatic carbocycles. The average molecular weight is 380 g/mol. The van der Waals surface area contributed by atoms with Crippen molar-refractivity contribution in [2.45, 2.75) is 12.5 Å². The Morgan fingerprint density at radius 1 is 1.00 bits per heavy atom. The van der Waals surface area contributed by atoms with E-state index in [1.165, 1.54) is 28.2 Å². The molecule has 0 amide bonds. The highest BCUT2D eigenvalue weighted by Crippen LogP contribution is 2.06. The summed E-state index contributed by atoms with van der Waals surface area (Å²) in [7, 11) is -1.50. The zero-order valence-electron chi connectivity index (χ0n) is 14.3. The quantitative estimate of drug-likeness (QED) is 0.610. The highest BCUT2D eigenvalue weighted by Gasteiger charge is 2.22. The fourth-order valence-electron chi connectivity index (χ4n) is 1.75. The number of nitrogens with zero attached hydrogens (tertiary/aromatic N) is 2. The summed E-state index contributed by atoms with van der Waals surface area (Å²) >= 11 is 0. The van der Waals surface area contributed by atoms with Crippen LogP contribution in [0.15, 0.2) is 30.3 Å². The van der Waals surface area contributed by atoms with Crippen LogP contribution in [0.25, 0.3) is 0 Å². The van der Waals surface area contributed by atoms with Crippen molar-refractivity contribution >= 4 is 20.2 Å². The van der Waals surface area contributed by atoms with Crippen molar-refractivity contribution in [2.24, 2.45) is 0 Å². The van der Waals surface area contributed by atoms with E-state index >= 15 is 0 Å². The third kappa shape index (κ3) is 6.83. The van der Waals surface area contributed by atoms with Gasteiger partial charge in [-0.25, -0.2) is 12.7 Å². The van der Waals surface area contributed by atoms with Gasteiger partial charge in [0, 0.05) is 28.2 Å². The Labute approximate surface area is 144 Å². The van der Waals surface area contributed by atoms with E-state index < -0.39 is 32.2 Å². The number of rotatable bonds is 10. The maximum atomic E-state index is 12.0. The molecular weight excluding hydrogens is 354 g/mol. The minimum absolute atomic E-state index is 0.0605. The van der Waals surface area contributed by atoms with Crippen molar-refractivity contribution in [3.8, 4) is 0 Å². The van der Waals surface area contributed by atoms with E-state index in [1.807, 2.05) is 30.3 Å². The molecule has 0 fully saturated rings. The Morgan fingerprint density at radius 3 is 2.08 bits per heavy atom. The van der Waals surface area contributed by atoms with Crippen LogP contribution in [0.1, 0.15) is 5.56 Å². The van der Waals surface area contributed by atoms with E-state index in [2.05, 4.69) is 4.72 Å². The van der Waals surface area contributed by atoms with Crippen molar-refractivity contribution in [1.29, 1.82) is 0 Å². The molecule has 0 aliphatic heterocycles. The lowest BCUT2D eigenvalue weighted by Crippen LogP contribution is -2.45. The standard InChI is InChI=1S/C14H25N3O5S2/c1-16(2)23(18,19)12-22-11-14(15-24(20,21)17(3)4)10-13-8-6-5-7-9-13/h5-9,14-15H,10-12H2,1-4H3/t14-/m0/s1. The Balaban J connectivity index is 2.78. The molecule has 0 bridgehead atoms. The van der Waals surface area contributed by atoms with Gasteiger partial charge in [0.25, 0.3) is 10.2 Å². The second-order valence-electron chi connectivity index (χ2n) is 5.67. The summed E-state index contributed by atoms with van der Waals surface area (Å²) in [4.78, 5) is 0. The zero-order valence-corrected chi connectivity index (χ0v) is 16.0. The van der Waals surface area contributed by atoms with Crippen molar-refractivity contribution in [3.05, 3.63) is 35.9 Å². The maximum absolute atomic E-state index is 12.0. The SMILES string of the molecule is CN(C)S(=O)(=O)COC[C@H](Cc1ccccc1)NS(=O)(=O)N(C)C. The minimum atomic E-state index is -3.66. The molecule has 138 valence electrons. The lowest BCUT2D eigenvalue weighted by molar-refractivity contribution is 0.152. The van der Waals surface area contributed by atoms with Crippen LogP contribution in [-0.2, 0) is 31.4 Å². The summed E-state index contributed by atoms with van der Waals surface area (Å²) in [5.74, 6) is -0.505. The van der Waals surface area contributed by atoms with E-state index in [4.69, 9.17) is 4.74 Å². The van der Waals surface area contributed by atoms with Crippen LogP contribution in [0, 0.1) is 0 Å². The van der Waals surface area contributed by atoms with Gasteiger partial charge in [0.2, 0.25) is 10.0 Å². The molecular formula is C14H25N3O5S2. The summed E-state index contributed by atoms with van der Waals surface area (Å²) < 4.78 is 57.4. The topological polar surface area (TPSA) is 96.0 Å². The Morgan fingerprint density at radius 2 is 1.58 bits per heavy atom. The van der Waals surface area contributed by atoms with Gasteiger partial charge in [-0.15, -0.1) is 0 Å². The van der Waals surface area contributed by atoms with Gasteiger partial charge in [-0.2, -0.15) is 17.4 Å². The van der Waals surface area contributed by atoms with Crippen molar-refractivity contribution in [2.75, 3.05) is 40.7 Å². The van der Waals surface area contributed by atoms with E-state index in [0.29, 0.717) is 6.42 Å². The molecule has 0 aromatic heterocycles. The highest BCUT2D eigenvalue weighted by atomic mass is 32.2. The molecule has 0 saturated carbocycles.